The zero-order valence-corrected chi connectivity index (χ0v) is 17.5. The fraction of sp³-hybridized carbons (Fsp3) is 0.208. The maximum absolute atomic E-state index is 13.7. The van der Waals surface area contributed by atoms with Gasteiger partial charge in [0.1, 0.15) is 5.75 Å². The summed E-state index contributed by atoms with van der Waals surface area (Å²) in [7, 11) is 0. The molecule has 0 bridgehead atoms. The number of aromatic nitrogens is 2. The smallest absolute Gasteiger partial charge is 0.258 e. The lowest BCUT2D eigenvalue weighted by molar-refractivity contribution is -0.117. The van der Waals surface area contributed by atoms with Crippen molar-refractivity contribution < 1.29 is 9.53 Å². The summed E-state index contributed by atoms with van der Waals surface area (Å²) in [5, 5.41) is 2.78. The standard InChI is InChI=1S/C24H24N4O3/c1-3-27-23(29)21-19(17-9-11-26-12-10-17)20-18(31-22(21)25)13-15(2)28(24(20)30)14-16-7-5-4-6-8-16/h4-13,19H,3,14,25H2,1-2H3,(H,27,29)/t19-/m0/s1. The molecule has 1 aliphatic heterocycles. The number of benzene rings is 1. The summed E-state index contributed by atoms with van der Waals surface area (Å²) in [5.74, 6) is -0.644. The van der Waals surface area contributed by atoms with E-state index in [0.717, 1.165) is 16.8 Å². The molecule has 1 aliphatic rings. The molecule has 0 spiro atoms. The molecule has 1 amide bonds. The van der Waals surface area contributed by atoms with Gasteiger partial charge in [0.25, 0.3) is 11.5 Å². The van der Waals surface area contributed by atoms with Crippen molar-refractivity contribution in [3.05, 3.63) is 105 Å². The molecule has 3 aromatic rings. The molecule has 2 aromatic heterocycles. The van der Waals surface area contributed by atoms with Crippen LogP contribution in [-0.4, -0.2) is 22.0 Å². The number of likely N-dealkylation sites (N-methyl/N-ethyl adjacent to an activating group) is 1. The van der Waals surface area contributed by atoms with E-state index in [4.69, 9.17) is 10.5 Å². The summed E-state index contributed by atoms with van der Waals surface area (Å²) in [5.41, 5.74) is 9.09. The number of hydrogen-bond acceptors (Lipinski definition) is 5. The van der Waals surface area contributed by atoms with Crippen molar-refractivity contribution in [3.8, 4) is 5.75 Å². The summed E-state index contributed by atoms with van der Waals surface area (Å²) >= 11 is 0. The van der Waals surface area contributed by atoms with Crippen molar-refractivity contribution in [2.45, 2.75) is 26.3 Å². The van der Waals surface area contributed by atoms with E-state index in [2.05, 4.69) is 10.3 Å². The van der Waals surface area contributed by atoms with Crippen molar-refractivity contribution in [2.75, 3.05) is 6.54 Å². The number of rotatable bonds is 5. The minimum absolute atomic E-state index is 0.000119. The number of carbonyl (C=O) groups excluding carboxylic acids is 1. The molecule has 0 radical (unpaired) electrons. The molecule has 0 fully saturated rings. The Balaban J connectivity index is 1.92. The van der Waals surface area contributed by atoms with Gasteiger partial charge in [-0.3, -0.25) is 14.6 Å². The normalized spacial score (nSPS) is 15.2. The van der Waals surface area contributed by atoms with E-state index < -0.39 is 5.92 Å². The molecule has 1 aromatic carbocycles. The van der Waals surface area contributed by atoms with Crippen molar-refractivity contribution >= 4 is 5.91 Å². The van der Waals surface area contributed by atoms with Gasteiger partial charge in [-0.1, -0.05) is 30.3 Å². The molecule has 7 nitrogen and oxygen atoms in total. The Morgan fingerprint density at radius 1 is 1.19 bits per heavy atom. The number of hydrogen-bond donors (Lipinski definition) is 2. The second kappa shape index (κ2) is 8.47. The quantitative estimate of drug-likeness (QED) is 0.666. The largest absolute Gasteiger partial charge is 0.440 e. The lowest BCUT2D eigenvalue weighted by Gasteiger charge is -2.29. The number of nitrogens with zero attached hydrogens (tertiary/aromatic N) is 2. The number of pyridine rings is 2. The third-order valence-electron chi connectivity index (χ3n) is 5.37. The van der Waals surface area contributed by atoms with Crippen LogP contribution in [0.4, 0.5) is 0 Å². The number of carbonyl (C=O) groups is 1. The maximum Gasteiger partial charge on any atom is 0.258 e. The lowest BCUT2D eigenvalue weighted by atomic mass is 9.83. The number of nitrogens with two attached hydrogens (primary N) is 1. The molecule has 3 N–H and O–H groups in total. The van der Waals surface area contributed by atoms with Crippen LogP contribution < -0.4 is 21.3 Å². The van der Waals surface area contributed by atoms with Crippen molar-refractivity contribution in [2.24, 2.45) is 5.73 Å². The van der Waals surface area contributed by atoms with Gasteiger partial charge < -0.3 is 20.4 Å². The zero-order chi connectivity index (χ0) is 22.0. The Bertz CT molecular complexity index is 1200. The summed E-state index contributed by atoms with van der Waals surface area (Å²) in [4.78, 5) is 30.7. The van der Waals surface area contributed by atoms with Gasteiger partial charge in [-0.25, -0.2) is 0 Å². The summed E-state index contributed by atoms with van der Waals surface area (Å²) < 4.78 is 7.50. The van der Waals surface area contributed by atoms with Gasteiger partial charge in [0.15, 0.2) is 0 Å². The van der Waals surface area contributed by atoms with Crippen LogP contribution in [-0.2, 0) is 11.3 Å². The highest BCUT2D eigenvalue weighted by atomic mass is 16.5. The molecule has 158 valence electrons. The number of amides is 1. The Hall–Kier alpha value is -3.87. The van der Waals surface area contributed by atoms with Crippen LogP contribution in [0.25, 0.3) is 0 Å². The number of fused-ring (bicyclic) bond motifs is 1. The first kappa shape index (κ1) is 20.4. The van der Waals surface area contributed by atoms with Gasteiger partial charge in [-0.15, -0.1) is 0 Å². The second-order valence-corrected chi connectivity index (χ2v) is 7.39. The van der Waals surface area contributed by atoms with Crippen LogP contribution in [0, 0.1) is 6.92 Å². The van der Waals surface area contributed by atoms with Gasteiger partial charge in [-0.2, -0.15) is 0 Å². The average molecular weight is 416 g/mol. The van der Waals surface area contributed by atoms with E-state index in [1.54, 1.807) is 35.2 Å². The van der Waals surface area contributed by atoms with E-state index in [9.17, 15) is 9.59 Å². The SMILES string of the molecule is CCNC(=O)C1=C(N)Oc2cc(C)n(Cc3ccccc3)c(=O)c2[C@@H]1c1ccncc1. The molecule has 31 heavy (non-hydrogen) atoms. The van der Waals surface area contributed by atoms with Gasteiger partial charge >= 0.3 is 0 Å². The summed E-state index contributed by atoms with van der Waals surface area (Å²) in [6.45, 7) is 4.52. The van der Waals surface area contributed by atoms with E-state index >= 15 is 0 Å². The fourth-order valence-electron chi connectivity index (χ4n) is 3.92. The topological polar surface area (TPSA) is 99.2 Å². The fourth-order valence-corrected chi connectivity index (χ4v) is 3.92. The van der Waals surface area contributed by atoms with Crippen LogP contribution in [0.15, 0.2) is 77.2 Å². The molecule has 0 saturated carbocycles. The highest BCUT2D eigenvalue weighted by Crippen LogP contribution is 2.40. The third-order valence-corrected chi connectivity index (χ3v) is 5.37. The average Bonchev–Trinajstić information content (AvgIpc) is 2.77. The van der Waals surface area contributed by atoms with Crippen molar-refractivity contribution in [1.82, 2.24) is 14.9 Å². The van der Waals surface area contributed by atoms with Crippen molar-refractivity contribution in [3.63, 3.8) is 0 Å². The van der Waals surface area contributed by atoms with Crippen LogP contribution in [0.3, 0.4) is 0 Å². The van der Waals surface area contributed by atoms with Gasteiger partial charge in [-0.05, 0) is 37.1 Å². The molecule has 4 rings (SSSR count). The van der Waals surface area contributed by atoms with E-state index in [-0.39, 0.29) is 22.9 Å². The molecule has 1 atom stereocenters. The number of nitrogens with one attached hydrogen (secondary N) is 1. The van der Waals surface area contributed by atoms with Crippen LogP contribution in [0.1, 0.15) is 35.2 Å². The predicted octanol–water partition coefficient (Wildman–Crippen LogP) is 2.43. The Kier molecular flexibility index (Phi) is 5.58. The molecule has 7 heteroatoms. The van der Waals surface area contributed by atoms with E-state index in [0.29, 0.717) is 24.4 Å². The highest BCUT2D eigenvalue weighted by molar-refractivity contribution is 5.96. The van der Waals surface area contributed by atoms with E-state index in [1.807, 2.05) is 44.2 Å². The zero-order valence-electron chi connectivity index (χ0n) is 17.5. The Morgan fingerprint density at radius 3 is 2.58 bits per heavy atom. The Labute approximate surface area is 180 Å². The first-order chi connectivity index (χ1) is 15.0. The van der Waals surface area contributed by atoms with Crippen molar-refractivity contribution in [1.29, 1.82) is 0 Å². The van der Waals surface area contributed by atoms with Gasteiger partial charge in [0.05, 0.1) is 23.6 Å². The van der Waals surface area contributed by atoms with Crippen LogP contribution in [0.2, 0.25) is 0 Å². The minimum atomic E-state index is -0.659. The third kappa shape index (κ3) is 3.82. The minimum Gasteiger partial charge on any atom is -0.440 e. The maximum atomic E-state index is 13.7. The molecule has 0 aliphatic carbocycles. The first-order valence-corrected chi connectivity index (χ1v) is 10.1. The molecule has 0 unspecified atom stereocenters. The molecule has 3 heterocycles. The Morgan fingerprint density at radius 2 is 1.90 bits per heavy atom. The monoisotopic (exact) mass is 416 g/mol. The molecular weight excluding hydrogens is 392 g/mol. The number of aryl methyl sites for hydroxylation is 1. The second-order valence-electron chi connectivity index (χ2n) is 7.39. The molecule has 0 saturated heterocycles. The highest BCUT2D eigenvalue weighted by Gasteiger charge is 2.37. The number of ether oxygens (including phenoxy) is 1. The first-order valence-electron chi connectivity index (χ1n) is 10.1. The van der Waals surface area contributed by atoms with E-state index in [1.165, 1.54) is 0 Å². The summed E-state index contributed by atoms with van der Waals surface area (Å²) in [6.07, 6.45) is 3.26. The van der Waals surface area contributed by atoms with Gasteiger partial charge in [0, 0.05) is 30.7 Å². The van der Waals surface area contributed by atoms with Crippen LogP contribution in [0.5, 0.6) is 5.75 Å². The summed E-state index contributed by atoms with van der Waals surface area (Å²) in [6, 6.07) is 15.1. The molecular formula is C24H24N4O3. The van der Waals surface area contributed by atoms with Gasteiger partial charge in [0.2, 0.25) is 5.88 Å². The van der Waals surface area contributed by atoms with Crippen LogP contribution >= 0.6 is 0 Å². The predicted molar refractivity (Wildman–Crippen MR) is 118 cm³/mol. The lowest BCUT2D eigenvalue weighted by Crippen LogP contribution is -2.38.